The van der Waals surface area contributed by atoms with Gasteiger partial charge in [-0.15, -0.1) is 0 Å². The molecule has 5 aliphatic rings. The molecule has 1 heteroatoms. The molecular formula is C14H17N. The van der Waals surface area contributed by atoms with Crippen molar-refractivity contribution in [3.8, 4) is 0 Å². The Bertz CT molecular complexity index is 389. The van der Waals surface area contributed by atoms with E-state index < -0.39 is 0 Å². The van der Waals surface area contributed by atoms with Gasteiger partial charge in [0.15, 0.2) is 0 Å². The van der Waals surface area contributed by atoms with E-state index in [1.165, 1.54) is 44.3 Å². The zero-order valence-corrected chi connectivity index (χ0v) is 9.08. The lowest BCUT2D eigenvalue weighted by Crippen LogP contribution is -2.42. The van der Waals surface area contributed by atoms with Gasteiger partial charge in [-0.25, -0.2) is 0 Å². The second-order valence-electron chi connectivity index (χ2n) is 5.92. The minimum absolute atomic E-state index is 0.649. The first kappa shape index (κ1) is 8.35. The zero-order chi connectivity index (χ0) is 9.93. The topological polar surface area (TPSA) is 3.24 Å². The molecule has 1 nitrogen and oxygen atoms in total. The molecule has 0 amide bonds. The third-order valence-corrected chi connectivity index (χ3v) is 4.94. The summed E-state index contributed by atoms with van der Waals surface area (Å²) in [5, 5.41) is 0. The van der Waals surface area contributed by atoms with Crippen molar-refractivity contribution in [3.05, 3.63) is 35.9 Å². The fraction of sp³-hybridized carbons (Fsp3) is 0.571. The van der Waals surface area contributed by atoms with Gasteiger partial charge in [0.2, 0.25) is 0 Å². The molecule has 2 aliphatic heterocycles. The van der Waals surface area contributed by atoms with Crippen LogP contribution < -0.4 is 0 Å². The average Bonchev–Trinajstić information content (AvgIpc) is 2.88. The normalized spacial score (nSPS) is 41.9. The molecule has 5 fully saturated rings. The van der Waals surface area contributed by atoms with Gasteiger partial charge in [-0.3, -0.25) is 4.90 Å². The molecule has 0 atom stereocenters. The predicted molar refractivity (Wildman–Crippen MR) is 60.5 cm³/mol. The van der Waals surface area contributed by atoms with Gasteiger partial charge in [0.25, 0.3) is 0 Å². The van der Waals surface area contributed by atoms with Gasteiger partial charge in [0.1, 0.15) is 0 Å². The molecule has 0 radical (unpaired) electrons. The van der Waals surface area contributed by atoms with Crippen molar-refractivity contribution < 1.29 is 0 Å². The average molecular weight is 199 g/mol. The lowest BCUT2D eigenvalue weighted by molar-refractivity contribution is 0.123. The van der Waals surface area contributed by atoms with Crippen molar-refractivity contribution in [2.24, 2.45) is 5.41 Å². The van der Waals surface area contributed by atoms with E-state index in [1.54, 1.807) is 0 Å². The Morgan fingerprint density at radius 2 is 1.87 bits per heavy atom. The lowest BCUT2D eigenvalue weighted by Gasteiger charge is -2.38. The van der Waals surface area contributed by atoms with Gasteiger partial charge in [-0.2, -0.15) is 0 Å². The van der Waals surface area contributed by atoms with Gasteiger partial charge >= 0.3 is 0 Å². The smallest absolute Gasteiger partial charge is 0.0239 e. The molecule has 2 heterocycles. The van der Waals surface area contributed by atoms with E-state index in [2.05, 4.69) is 35.2 Å². The molecule has 6 rings (SSSR count). The number of hydrogen-bond donors (Lipinski definition) is 0. The molecule has 78 valence electrons. The summed E-state index contributed by atoms with van der Waals surface area (Å²) in [6.07, 6.45) is 6.00. The van der Waals surface area contributed by atoms with Crippen molar-refractivity contribution in [2.45, 2.75) is 37.8 Å². The molecule has 1 aromatic rings. The fourth-order valence-electron chi connectivity index (χ4n) is 4.37. The number of piperidine rings is 1. The van der Waals surface area contributed by atoms with Crippen molar-refractivity contribution in [3.63, 3.8) is 0 Å². The molecule has 15 heavy (non-hydrogen) atoms. The molecule has 3 saturated carbocycles. The monoisotopic (exact) mass is 199 g/mol. The highest BCUT2D eigenvalue weighted by atomic mass is 15.3. The van der Waals surface area contributed by atoms with Crippen molar-refractivity contribution >= 4 is 0 Å². The van der Waals surface area contributed by atoms with Crippen LogP contribution in [0, 0.1) is 5.41 Å². The number of benzene rings is 1. The molecule has 0 N–H and O–H groups in total. The highest BCUT2D eigenvalue weighted by Crippen LogP contribution is 2.70. The Hall–Kier alpha value is -0.820. The van der Waals surface area contributed by atoms with Crippen LogP contribution in [0.2, 0.25) is 0 Å². The van der Waals surface area contributed by atoms with E-state index in [-0.39, 0.29) is 0 Å². The SMILES string of the molecule is c1ccc(CN2CC34CCC2(C3)C4)cc1. The molecule has 0 spiro atoms. The quantitative estimate of drug-likeness (QED) is 0.708. The summed E-state index contributed by atoms with van der Waals surface area (Å²) in [7, 11) is 0. The summed E-state index contributed by atoms with van der Waals surface area (Å²) in [5.41, 5.74) is 2.91. The summed E-state index contributed by atoms with van der Waals surface area (Å²) in [5.74, 6) is 0. The van der Waals surface area contributed by atoms with E-state index in [4.69, 9.17) is 0 Å². The summed E-state index contributed by atoms with van der Waals surface area (Å²) < 4.78 is 0. The first-order valence-electron chi connectivity index (χ1n) is 6.10. The van der Waals surface area contributed by atoms with Gasteiger partial charge in [0.05, 0.1) is 0 Å². The van der Waals surface area contributed by atoms with Gasteiger partial charge in [-0.1, -0.05) is 30.3 Å². The first-order chi connectivity index (χ1) is 7.30. The maximum atomic E-state index is 2.76. The molecule has 1 aromatic carbocycles. The van der Waals surface area contributed by atoms with Crippen LogP contribution in [0.5, 0.6) is 0 Å². The highest BCUT2D eigenvalue weighted by Gasteiger charge is 2.69. The standard InChI is InChI=1S/C14H17N/c1-2-4-12(5-3-1)8-15-11-13-6-7-14(15,9-13)10-13/h1-5H,6-11H2. The van der Waals surface area contributed by atoms with Gasteiger partial charge in [-0.05, 0) is 36.7 Å². The molecule has 3 aliphatic carbocycles. The maximum absolute atomic E-state index is 2.76. The van der Waals surface area contributed by atoms with E-state index in [1.807, 2.05) is 0 Å². The van der Waals surface area contributed by atoms with E-state index in [9.17, 15) is 0 Å². The molecule has 2 bridgehead atoms. The summed E-state index contributed by atoms with van der Waals surface area (Å²) >= 11 is 0. The number of rotatable bonds is 2. The predicted octanol–water partition coefficient (Wildman–Crippen LogP) is 2.82. The van der Waals surface area contributed by atoms with Crippen LogP contribution in [0.4, 0.5) is 0 Å². The number of hydrogen-bond acceptors (Lipinski definition) is 1. The second kappa shape index (κ2) is 2.46. The van der Waals surface area contributed by atoms with Gasteiger partial charge < -0.3 is 0 Å². The fourth-order valence-corrected chi connectivity index (χ4v) is 4.37. The van der Waals surface area contributed by atoms with Crippen LogP contribution >= 0.6 is 0 Å². The minimum Gasteiger partial charge on any atom is -0.293 e. The number of fused-ring (bicyclic) bond motifs is 2. The lowest BCUT2D eigenvalue weighted by atomic mass is 9.70. The number of nitrogens with zero attached hydrogens (tertiary/aromatic N) is 1. The highest BCUT2D eigenvalue weighted by molar-refractivity contribution is 5.26. The molecule has 2 saturated heterocycles. The van der Waals surface area contributed by atoms with Crippen LogP contribution in [0.1, 0.15) is 31.2 Å². The van der Waals surface area contributed by atoms with Crippen molar-refractivity contribution in [1.82, 2.24) is 4.90 Å². The van der Waals surface area contributed by atoms with Crippen molar-refractivity contribution in [1.29, 1.82) is 0 Å². The Kier molecular flexibility index (Phi) is 1.37. The van der Waals surface area contributed by atoms with Crippen LogP contribution in [0.3, 0.4) is 0 Å². The molecule has 0 unspecified atom stereocenters. The Morgan fingerprint density at radius 3 is 2.47 bits per heavy atom. The van der Waals surface area contributed by atoms with Crippen LogP contribution in [-0.2, 0) is 6.54 Å². The Labute approximate surface area is 91.1 Å². The second-order valence-corrected chi connectivity index (χ2v) is 5.92. The first-order valence-corrected chi connectivity index (χ1v) is 6.10. The van der Waals surface area contributed by atoms with Crippen LogP contribution in [0.25, 0.3) is 0 Å². The summed E-state index contributed by atoms with van der Waals surface area (Å²) in [6.45, 7) is 2.56. The zero-order valence-electron chi connectivity index (χ0n) is 9.08. The van der Waals surface area contributed by atoms with E-state index >= 15 is 0 Å². The van der Waals surface area contributed by atoms with E-state index in [0.29, 0.717) is 5.54 Å². The molecular weight excluding hydrogens is 182 g/mol. The van der Waals surface area contributed by atoms with Crippen LogP contribution in [-0.4, -0.2) is 17.0 Å². The molecule has 0 aromatic heterocycles. The van der Waals surface area contributed by atoms with E-state index in [0.717, 1.165) is 5.41 Å². The van der Waals surface area contributed by atoms with Crippen molar-refractivity contribution in [2.75, 3.05) is 6.54 Å². The summed E-state index contributed by atoms with van der Waals surface area (Å²) in [4.78, 5) is 2.76. The van der Waals surface area contributed by atoms with Crippen LogP contribution in [0.15, 0.2) is 30.3 Å². The summed E-state index contributed by atoms with van der Waals surface area (Å²) in [6, 6.07) is 10.9. The third-order valence-electron chi connectivity index (χ3n) is 4.94. The Morgan fingerprint density at radius 1 is 1.07 bits per heavy atom. The maximum Gasteiger partial charge on any atom is 0.0239 e. The van der Waals surface area contributed by atoms with Gasteiger partial charge in [0, 0.05) is 18.6 Å². The largest absolute Gasteiger partial charge is 0.293 e. The third kappa shape index (κ3) is 0.971. The minimum atomic E-state index is 0.649. The Balaban J connectivity index is 1.58.